The Balaban J connectivity index is 1.87. The Morgan fingerprint density at radius 3 is 2.74 bits per heavy atom. The van der Waals surface area contributed by atoms with Crippen LogP contribution >= 0.6 is 0 Å². The number of rotatable bonds is 7. The number of carbonyl (C=O) groups is 2. The second-order valence-electron chi connectivity index (χ2n) is 6.14. The molecule has 1 saturated heterocycles. The number of amides is 2. The van der Waals surface area contributed by atoms with Gasteiger partial charge in [-0.1, -0.05) is 37.3 Å². The Bertz CT molecular complexity index is 518. The summed E-state index contributed by atoms with van der Waals surface area (Å²) in [6.45, 7) is 4.09. The van der Waals surface area contributed by atoms with Crippen LogP contribution in [-0.2, 0) is 9.59 Å². The fraction of sp³-hybridized carbons (Fsp3) is 0.556. The van der Waals surface area contributed by atoms with E-state index in [1.807, 2.05) is 25.1 Å². The Morgan fingerprint density at radius 2 is 2.04 bits per heavy atom. The third-order valence-electron chi connectivity index (χ3n) is 4.27. The normalized spacial score (nSPS) is 17.9. The van der Waals surface area contributed by atoms with Crippen LogP contribution in [0.25, 0.3) is 0 Å². The molecule has 1 aliphatic heterocycles. The van der Waals surface area contributed by atoms with E-state index in [1.165, 1.54) is 10.5 Å². The third kappa shape index (κ3) is 5.06. The molecule has 1 aromatic rings. The topological polar surface area (TPSA) is 52.7 Å². The summed E-state index contributed by atoms with van der Waals surface area (Å²) in [7, 11) is 1.70. The Hall–Kier alpha value is -1.88. The molecule has 5 heteroatoms. The molecule has 2 amide bonds. The summed E-state index contributed by atoms with van der Waals surface area (Å²) in [5.41, 5.74) is 1.26. The lowest BCUT2D eigenvalue weighted by Gasteiger charge is -2.26. The molecule has 1 heterocycles. The SMILES string of the molecule is CCCNC(=O)CN(C)C(=O)CN1CCCC1c1ccccc1. The van der Waals surface area contributed by atoms with Crippen molar-refractivity contribution in [3.63, 3.8) is 0 Å². The zero-order valence-corrected chi connectivity index (χ0v) is 14.1. The lowest BCUT2D eigenvalue weighted by molar-refractivity contribution is -0.135. The van der Waals surface area contributed by atoms with Crippen LogP contribution in [0.15, 0.2) is 30.3 Å². The summed E-state index contributed by atoms with van der Waals surface area (Å²) in [5, 5.41) is 2.80. The molecular formula is C18H27N3O2. The Morgan fingerprint density at radius 1 is 1.30 bits per heavy atom. The molecular weight excluding hydrogens is 290 g/mol. The smallest absolute Gasteiger partial charge is 0.239 e. The summed E-state index contributed by atoms with van der Waals surface area (Å²) in [4.78, 5) is 27.9. The summed E-state index contributed by atoms with van der Waals surface area (Å²) in [6.07, 6.45) is 3.08. The van der Waals surface area contributed by atoms with Gasteiger partial charge in [-0.15, -0.1) is 0 Å². The van der Waals surface area contributed by atoms with Crippen molar-refractivity contribution >= 4 is 11.8 Å². The van der Waals surface area contributed by atoms with Gasteiger partial charge in [-0.25, -0.2) is 0 Å². The molecule has 0 radical (unpaired) electrons. The number of carbonyl (C=O) groups excluding carboxylic acids is 2. The molecule has 0 spiro atoms. The molecule has 1 atom stereocenters. The molecule has 0 saturated carbocycles. The van der Waals surface area contributed by atoms with E-state index in [2.05, 4.69) is 22.3 Å². The second kappa shape index (κ2) is 8.67. The molecule has 0 bridgehead atoms. The number of likely N-dealkylation sites (tertiary alicyclic amines) is 1. The first kappa shape index (κ1) is 17.5. The number of hydrogen-bond donors (Lipinski definition) is 1. The van der Waals surface area contributed by atoms with E-state index in [9.17, 15) is 9.59 Å². The van der Waals surface area contributed by atoms with E-state index in [4.69, 9.17) is 0 Å². The van der Waals surface area contributed by atoms with Gasteiger partial charge in [0.25, 0.3) is 0 Å². The maximum atomic E-state index is 12.4. The van der Waals surface area contributed by atoms with Crippen molar-refractivity contribution < 1.29 is 9.59 Å². The number of nitrogens with zero attached hydrogens (tertiary/aromatic N) is 2. The molecule has 1 unspecified atom stereocenters. The van der Waals surface area contributed by atoms with Crippen molar-refractivity contribution in [3.05, 3.63) is 35.9 Å². The average molecular weight is 317 g/mol. The quantitative estimate of drug-likeness (QED) is 0.834. The molecule has 1 aliphatic rings. The van der Waals surface area contributed by atoms with E-state index in [1.54, 1.807) is 7.05 Å². The van der Waals surface area contributed by atoms with Crippen LogP contribution in [0.5, 0.6) is 0 Å². The van der Waals surface area contributed by atoms with Crippen LogP contribution in [-0.4, -0.2) is 54.8 Å². The van der Waals surface area contributed by atoms with Gasteiger partial charge in [0.05, 0.1) is 13.1 Å². The van der Waals surface area contributed by atoms with Gasteiger partial charge in [-0.2, -0.15) is 0 Å². The van der Waals surface area contributed by atoms with Gasteiger partial charge >= 0.3 is 0 Å². The highest BCUT2D eigenvalue weighted by molar-refractivity contribution is 5.85. The zero-order chi connectivity index (χ0) is 16.7. The summed E-state index contributed by atoms with van der Waals surface area (Å²) >= 11 is 0. The van der Waals surface area contributed by atoms with Crippen LogP contribution in [0, 0.1) is 0 Å². The van der Waals surface area contributed by atoms with Gasteiger partial charge in [0, 0.05) is 19.6 Å². The molecule has 5 nitrogen and oxygen atoms in total. The van der Waals surface area contributed by atoms with Crippen molar-refractivity contribution in [2.24, 2.45) is 0 Å². The summed E-state index contributed by atoms with van der Waals surface area (Å²) in [5.74, 6) is -0.0942. The van der Waals surface area contributed by atoms with Gasteiger partial charge in [0.1, 0.15) is 0 Å². The molecule has 23 heavy (non-hydrogen) atoms. The molecule has 1 N–H and O–H groups in total. The number of nitrogens with one attached hydrogen (secondary N) is 1. The maximum Gasteiger partial charge on any atom is 0.239 e. The lowest BCUT2D eigenvalue weighted by Crippen LogP contribution is -2.43. The molecule has 0 aliphatic carbocycles. The standard InChI is InChI=1S/C18H27N3O2/c1-3-11-19-17(22)13-20(2)18(23)14-21-12-7-10-16(21)15-8-5-4-6-9-15/h4-6,8-9,16H,3,7,10-14H2,1-2H3,(H,19,22). The predicted molar refractivity (Wildman–Crippen MR) is 90.9 cm³/mol. The van der Waals surface area contributed by atoms with E-state index >= 15 is 0 Å². The average Bonchev–Trinajstić information content (AvgIpc) is 3.01. The van der Waals surface area contributed by atoms with Crippen LogP contribution < -0.4 is 5.32 Å². The first-order valence-corrected chi connectivity index (χ1v) is 8.41. The molecule has 1 aromatic carbocycles. The van der Waals surface area contributed by atoms with Gasteiger partial charge in [-0.3, -0.25) is 14.5 Å². The highest BCUT2D eigenvalue weighted by atomic mass is 16.2. The highest BCUT2D eigenvalue weighted by Gasteiger charge is 2.28. The summed E-state index contributed by atoms with van der Waals surface area (Å²) < 4.78 is 0. The lowest BCUT2D eigenvalue weighted by atomic mass is 10.0. The van der Waals surface area contributed by atoms with Crippen LogP contribution in [0.1, 0.15) is 37.8 Å². The van der Waals surface area contributed by atoms with Gasteiger partial charge in [-0.05, 0) is 31.4 Å². The van der Waals surface area contributed by atoms with Gasteiger partial charge in [0.15, 0.2) is 0 Å². The fourth-order valence-electron chi connectivity index (χ4n) is 2.99. The first-order valence-electron chi connectivity index (χ1n) is 8.41. The second-order valence-corrected chi connectivity index (χ2v) is 6.14. The zero-order valence-electron chi connectivity index (χ0n) is 14.1. The third-order valence-corrected chi connectivity index (χ3v) is 4.27. The fourth-order valence-corrected chi connectivity index (χ4v) is 2.99. The largest absolute Gasteiger partial charge is 0.355 e. The van der Waals surface area contributed by atoms with Crippen LogP contribution in [0.2, 0.25) is 0 Å². The number of likely N-dealkylation sites (N-methyl/N-ethyl adjacent to an activating group) is 1. The predicted octanol–water partition coefficient (Wildman–Crippen LogP) is 1.81. The van der Waals surface area contributed by atoms with Crippen LogP contribution in [0.4, 0.5) is 0 Å². The van der Waals surface area contributed by atoms with Gasteiger partial charge < -0.3 is 10.2 Å². The maximum absolute atomic E-state index is 12.4. The van der Waals surface area contributed by atoms with Crippen LogP contribution in [0.3, 0.4) is 0 Å². The van der Waals surface area contributed by atoms with Crippen molar-refractivity contribution in [1.82, 2.24) is 15.1 Å². The molecule has 1 fully saturated rings. The first-order chi connectivity index (χ1) is 11.1. The summed E-state index contributed by atoms with van der Waals surface area (Å²) in [6, 6.07) is 10.6. The van der Waals surface area contributed by atoms with E-state index < -0.39 is 0 Å². The van der Waals surface area contributed by atoms with E-state index in [0.717, 1.165) is 25.8 Å². The number of benzene rings is 1. The minimum Gasteiger partial charge on any atom is -0.355 e. The van der Waals surface area contributed by atoms with Crippen molar-refractivity contribution in [1.29, 1.82) is 0 Å². The minimum atomic E-state index is -0.0938. The van der Waals surface area contributed by atoms with Gasteiger partial charge in [0.2, 0.25) is 11.8 Å². The number of hydrogen-bond acceptors (Lipinski definition) is 3. The van der Waals surface area contributed by atoms with Crippen molar-refractivity contribution in [3.8, 4) is 0 Å². The van der Waals surface area contributed by atoms with E-state index in [-0.39, 0.29) is 18.4 Å². The molecule has 0 aromatic heterocycles. The Labute approximate surface area is 138 Å². The van der Waals surface area contributed by atoms with Crippen molar-refractivity contribution in [2.75, 3.05) is 33.2 Å². The van der Waals surface area contributed by atoms with E-state index in [0.29, 0.717) is 19.1 Å². The monoisotopic (exact) mass is 317 g/mol. The highest BCUT2D eigenvalue weighted by Crippen LogP contribution is 2.31. The Kier molecular flexibility index (Phi) is 6.59. The minimum absolute atomic E-state index is 0.000482. The molecule has 126 valence electrons. The molecule has 2 rings (SSSR count). The van der Waals surface area contributed by atoms with Crippen molar-refractivity contribution in [2.45, 2.75) is 32.2 Å².